The maximum absolute atomic E-state index is 13.4. The molecule has 10 heteroatoms. The van der Waals surface area contributed by atoms with Gasteiger partial charge in [-0.25, -0.2) is 4.98 Å². The lowest BCUT2D eigenvalue weighted by molar-refractivity contribution is -0.148. The molecule has 0 radical (unpaired) electrons. The van der Waals surface area contributed by atoms with E-state index >= 15 is 0 Å². The number of fused-ring (bicyclic) bond motifs is 1. The Morgan fingerprint density at radius 1 is 1.28 bits per heavy atom. The second kappa shape index (κ2) is 9.41. The van der Waals surface area contributed by atoms with E-state index in [2.05, 4.69) is 0 Å². The van der Waals surface area contributed by atoms with E-state index < -0.39 is 0 Å². The van der Waals surface area contributed by atoms with E-state index in [9.17, 15) is 14.4 Å². The van der Waals surface area contributed by atoms with Gasteiger partial charge in [-0.1, -0.05) is 30.0 Å². The van der Waals surface area contributed by atoms with Crippen LogP contribution in [0.4, 0.5) is 5.82 Å². The number of aromatic nitrogens is 2. The van der Waals surface area contributed by atoms with Gasteiger partial charge >= 0.3 is 5.97 Å². The third kappa shape index (κ3) is 4.16. The minimum atomic E-state index is -0.250. The highest BCUT2D eigenvalue weighted by molar-refractivity contribution is 8.26. The van der Waals surface area contributed by atoms with Crippen molar-refractivity contribution in [2.24, 2.45) is 5.92 Å². The molecule has 0 saturated carbocycles. The number of amides is 1. The van der Waals surface area contributed by atoms with Crippen LogP contribution in [0.25, 0.3) is 11.7 Å². The number of anilines is 1. The number of thioether (sulfide) groups is 1. The number of hydrogen-bond acceptors (Lipinski definition) is 8. The van der Waals surface area contributed by atoms with E-state index in [0.29, 0.717) is 65.3 Å². The van der Waals surface area contributed by atoms with Gasteiger partial charge in [0.2, 0.25) is 0 Å². The lowest BCUT2D eigenvalue weighted by Gasteiger charge is -2.32. The van der Waals surface area contributed by atoms with Gasteiger partial charge in [0.15, 0.2) is 0 Å². The predicted octanol–water partition coefficient (Wildman–Crippen LogP) is 2.70. The maximum Gasteiger partial charge on any atom is 0.309 e. The molecule has 0 aliphatic carbocycles. The molecule has 32 heavy (non-hydrogen) atoms. The van der Waals surface area contributed by atoms with Crippen LogP contribution in [0.15, 0.2) is 34.1 Å². The molecule has 4 rings (SSSR count). The van der Waals surface area contributed by atoms with Crippen molar-refractivity contribution in [3.05, 3.63) is 45.2 Å². The molecule has 1 amide bonds. The van der Waals surface area contributed by atoms with Gasteiger partial charge < -0.3 is 9.64 Å². The average Bonchev–Trinajstić information content (AvgIpc) is 3.07. The van der Waals surface area contributed by atoms with Crippen LogP contribution in [0.1, 0.15) is 32.3 Å². The molecule has 0 N–H and O–H groups in total. The first-order valence-corrected chi connectivity index (χ1v) is 11.8. The van der Waals surface area contributed by atoms with Crippen molar-refractivity contribution in [1.82, 2.24) is 14.3 Å². The number of carbonyl (C=O) groups is 2. The minimum absolute atomic E-state index is 0.156. The van der Waals surface area contributed by atoms with Gasteiger partial charge in [0.25, 0.3) is 11.5 Å². The molecule has 2 aromatic heterocycles. The number of pyridine rings is 1. The smallest absolute Gasteiger partial charge is 0.309 e. The third-order valence-corrected chi connectivity index (χ3v) is 7.01. The summed E-state index contributed by atoms with van der Waals surface area (Å²) >= 11 is 6.50. The first-order chi connectivity index (χ1) is 15.4. The van der Waals surface area contributed by atoms with Crippen molar-refractivity contribution < 1.29 is 14.3 Å². The van der Waals surface area contributed by atoms with Gasteiger partial charge in [0.05, 0.1) is 23.0 Å². The summed E-state index contributed by atoms with van der Waals surface area (Å²) in [6.45, 7) is 5.63. The zero-order chi connectivity index (χ0) is 22.8. The van der Waals surface area contributed by atoms with E-state index in [1.165, 1.54) is 21.1 Å². The number of likely N-dealkylation sites (N-methyl/N-ethyl adjacent to an activating group) is 1. The number of thiocarbonyl (C=S) groups is 1. The fourth-order valence-corrected chi connectivity index (χ4v) is 5.32. The van der Waals surface area contributed by atoms with Gasteiger partial charge in [-0.15, -0.1) is 0 Å². The molecule has 8 nitrogen and oxygen atoms in total. The van der Waals surface area contributed by atoms with Crippen molar-refractivity contribution >= 4 is 57.7 Å². The fourth-order valence-electron chi connectivity index (χ4n) is 3.95. The van der Waals surface area contributed by atoms with Crippen LogP contribution >= 0.6 is 24.0 Å². The molecule has 2 saturated heterocycles. The number of piperidine rings is 1. The molecular formula is C22H24N4O4S2. The quantitative estimate of drug-likeness (QED) is 0.373. The lowest BCUT2D eigenvalue weighted by Crippen LogP contribution is -2.39. The molecule has 2 aromatic rings. The Morgan fingerprint density at radius 3 is 2.69 bits per heavy atom. The molecule has 4 heterocycles. The Bertz CT molecular complexity index is 1170. The summed E-state index contributed by atoms with van der Waals surface area (Å²) < 4.78 is 7.12. The zero-order valence-corrected chi connectivity index (χ0v) is 19.6. The highest BCUT2D eigenvalue weighted by Gasteiger charge is 2.33. The summed E-state index contributed by atoms with van der Waals surface area (Å²) in [5, 5.41) is 0. The predicted molar refractivity (Wildman–Crippen MR) is 129 cm³/mol. The van der Waals surface area contributed by atoms with Crippen LogP contribution in [0.2, 0.25) is 0 Å². The van der Waals surface area contributed by atoms with Crippen molar-refractivity contribution in [3.8, 4) is 0 Å². The number of esters is 1. The van der Waals surface area contributed by atoms with Crippen LogP contribution in [0.3, 0.4) is 0 Å². The van der Waals surface area contributed by atoms with E-state index in [-0.39, 0.29) is 23.4 Å². The summed E-state index contributed by atoms with van der Waals surface area (Å²) in [5.74, 6) is -0.0172. The van der Waals surface area contributed by atoms with E-state index in [4.69, 9.17) is 21.9 Å². The summed E-state index contributed by atoms with van der Waals surface area (Å²) in [4.78, 5) is 46.9. The highest BCUT2D eigenvalue weighted by atomic mass is 32.2. The number of carbonyl (C=O) groups excluding carboxylic acids is 2. The number of ether oxygens (including phenoxy) is 1. The van der Waals surface area contributed by atoms with E-state index in [0.717, 1.165) is 0 Å². The molecule has 0 bridgehead atoms. The summed E-state index contributed by atoms with van der Waals surface area (Å²) in [6, 6.07) is 5.36. The second-order valence-electron chi connectivity index (χ2n) is 7.52. The lowest BCUT2D eigenvalue weighted by atomic mass is 9.96. The normalized spacial score (nSPS) is 18.8. The highest BCUT2D eigenvalue weighted by Crippen LogP contribution is 2.34. The molecule has 2 aliphatic heterocycles. The van der Waals surface area contributed by atoms with Crippen molar-refractivity contribution in [3.63, 3.8) is 0 Å². The SMILES string of the molecule is CCOC(=O)C1CCN(c2nc3ccccn3c(=O)c2C=C2SC(=S)N(CC)C2=O)CC1. The van der Waals surface area contributed by atoms with Crippen LogP contribution in [0.5, 0.6) is 0 Å². The first kappa shape index (κ1) is 22.5. The van der Waals surface area contributed by atoms with Crippen LogP contribution in [-0.4, -0.2) is 56.7 Å². The molecule has 0 spiro atoms. The van der Waals surface area contributed by atoms with Gasteiger partial charge in [0.1, 0.15) is 15.8 Å². The Labute approximate surface area is 195 Å². The van der Waals surface area contributed by atoms with Gasteiger partial charge in [-0.2, -0.15) is 0 Å². The monoisotopic (exact) mass is 472 g/mol. The van der Waals surface area contributed by atoms with Gasteiger partial charge in [-0.05, 0) is 44.9 Å². The van der Waals surface area contributed by atoms with Crippen LogP contribution in [-0.2, 0) is 14.3 Å². The van der Waals surface area contributed by atoms with E-state index in [1.807, 2.05) is 17.9 Å². The topological polar surface area (TPSA) is 84.2 Å². The Morgan fingerprint density at radius 2 is 2.03 bits per heavy atom. The van der Waals surface area contributed by atoms with Crippen molar-refractivity contribution in [2.75, 3.05) is 31.1 Å². The molecule has 0 unspecified atom stereocenters. The summed E-state index contributed by atoms with van der Waals surface area (Å²) in [5.41, 5.74) is 0.623. The molecule has 168 valence electrons. The maximum atomic E-state index is 13.4. The van der Waals surface area contributed by atoms with Gasteiger partial charge in [0, 0.05) is 25.8 Å². The standard InChI is InChI=1S/C22H24N4O4S2/c1-3-25-20(28)16(32-22(25)31)13-15-18(23-17-7-5-6-10-26(17)19(15)27)24-11-8-14(9-12-24)21(29)30-4-2/h5-7,10,13-14H,3-4,8-9,11-12H2,1-2H3. The molecule has 2 aliphatic rings. The second-order valence-corrected chi connectivity index (χ2v) is 9.20. The van der Waals surface area contributed by atoms with E-state index in [1.54, 1.807) is 31.3 Å². The van der Waals surface area contributed by atoms with Crippen molar-refractivity contribution in [1.29, 1.82) is 0 Å². The zero-order valence-electron chi connectivity index (χ0n) is 17.9. The number of hydrogen-bond donors (Lipinski definition) is 0. The Hall–Kier alpha value is -2.72. The number of nitrogens with zero attached hydrogens (tertiary/aromatic N) is 4. The number of rotatable bonds is 5. The summed E-state index contributed by atoms with van der Waals surface area (Å²) in [6.07, 6.45) is 4.50. The molecule has 2 fully saturated rings. The Balaban J connectivity index is 1.74. The first-order valence-electron chi connectivity index (χ1n) is 10.6. The Kier molecular flexibility index (Phi) is 6.61. The third-order valence-electron chi connectivity index (χ3n) is 5.63. The van der Waals surface area contributed by atoms with Gasteiger partial charge in [-0.3, -0.25) is 23.7 Å². The average molecular weight is 473 g/mol. The summed E-state index contributed by atoms with van der Waals surface area (Å²) in [7, 11) is 0. The fraction of sp³-hybridized carbons (Fsp3) is 0.409. The van der Waals surface area contributed by atoms with Crippen molar-refractivity contribution in [2.45, 2.75) is 26.7 Å². The largest absolute Gasteiger partial charge is 0.466 e. The molecular weight excluding hydrogens is 448 g/mol. The molecule has 0 aromatic carbocycles. The van der Waals surface area contributed by atoms with Crippen LogP contribution < -0.4 is 10.5 Å². The minimum Gasteiger partial charge on any atom is -0.466 e. The van der Waals surface area contributed by atoms with Crippen LogP contribution in [0, 0.1) is 5.92 Å². The molecule has 0 atom stereocenters.